The topological polar surface area (TPSA) is 48.7 Å². The lowest BCUT2D eigenvalue weighted by molar-refractivity contribution is 0.0561. The molecule has 20 heavy (non-hydrogen) atoms. The van der Waals surface area contributed by atoms with Gasteiger partial charge in [-0.05, 0) is 18.2 Å². The number of halogens is 3. The molecule has 1 heterocycles. The van der Waals surface area contributed by atoms with Crippen molar-refractivity contribution in [3.05, 3.63) is 50.9 Å². The maximum Gasteiger partial charge on any atom is 0.373 e. The molecule has 0 unspecified atom stereocenters. The molecular weight excluding hydrogens is 326 g/mol. The molecule has 1 aromatic carbocycles. The standard InChI is InChI=1S/C13H9Cl3O4/c1-18-13(17)11-3-2-7(20-11)6-19-12-5-9(15)8(14)4-10(12)16/h2-5H,6H2,1H3. The van der Waals surface area contributed by atoms with Crippen LogP contribution in [0, 0.1) is 0 Å². The molecule has 2 rings (SSSR count). The zero-order valence-electron chi connectivity index (χ0n) is 10.3. The lowest BCUT2D eigenvalue weighted by Crippen LogP contribution is -1.99. The van der Waals surface area contributed by atoms with Crippen LogP contribution in [0.5, 0.6) is 5.75 Å². The Balaban J connectivity index is 2.07. The first kappa shape index (κ1) is 15.0. The molecule has 7 heteroatoms. The van der Waals surface area contributed by atoms with Gasteiger partial charge in [0.05, 0.1) is 22.2 Å². The smallest absolute Gasteiger partial charge is 0.373 e. The highest BCUT2D eigenvalue weighted by molar-refractivity contribution is 6.43. The summed E-state index contributed by atoms with van der Waals surface area (Å²) in [5.74, 6) is 0.375. The van der Waals surface area contributed by atoms with Gasteiger partial charge < -0.3 is 13.9 Å². The van der Waals surface area contributed by atoms with Crippen molar-refractivity contribution in [1.29, 1.82) is 0 Å². The van der Waals surface area contributed by atoms with E-state index >= 15 is 0 Å². The van der Waals surface area contributed by atoms with Gasteiger partial charge in [-0.3, -0.25) is 0 Å². The maximum absolute atomic E-state index is 11.2. The second-order valence-electron chi connectivity index (χ2n) is 3.74. The van der Waals surface area contributed by atoms with E-state index in [0.717, 1.165) is 0 Å². The van der Waals surface area contributed by atoms with Gasteiger partial charge in [-0.1, -0.05) is 34.8 Å². The number of carbonyl (C=O) groups excluding carboxylic acids is 1. The first-order valence-corrected chi connectivity index (χ1v) is 6.59. The lowest BCUT2D eigenvalue weighted by atomic mass is 10.3. The molecule has 0 saturated heterocycles. The van der Waals surface area contributed by atoms with Crippen molar-refractivity contribution in [3.63, 3.8) is 0 Å². The molecule has 106 valence electrons. The number of methoxy groups -OCH3 is 1. The Morgan fingerprint density at radius 3 is 2.55 bits per heavy atom. The monoisotopic (exact) mass is 334 g/mol. The van der Waals surface area contributed by atoms with Gasteiger partial charge in [-0.25, -0.2) is 4.79 Å². The van der Waals surface area contributed by atoms with Crippen molar-refractivity contribution in [2.24, 2.45) is 0 Å². The summed E-state index contributed by atoms with van der Waals surface area (Å²) in [6.45, 7) is 0.0919. The van der Waals surface area contributed by atoms with Gasteiger partial charge in [-0.15, -0.1) is 0 Å². The predicted octanol–water partition coefficient (Wildman–Crippen LogP) is 4.61. The normalized spacial score (nSPS) is 10.4. The van der Waals surface area contributed by atoms with Crippen molar-refractivity contribution in [1.82, 2.24) is 0 Å². The number of furan rings is 1. The summed E-state index contributed by atoms with van der Waals surface area (Å²) in [5.41, 5.74) is 0. The highest BCUT2D eigenvalue weighted by Gasteiger charge is 2.12. The van der Waals surface area contributed by atoms with Crippen molar-refractivity contribution in [2.75, 3.05) is 7.11 Å². The summed E-state index contributed by atoms with van der Waals surface area (Å²) in [6, 6.07) is 6.11. The molecular formula is C13H9Cl3O4. The molecule has 0 bridgehead atoms. The molecule has 0 aliphatic rings. The lowest BCUT2D eigenvalue weighted by Gasteiger charge is -2.07. The third kappa shape index (κ3) is 3.39. The number of benzene rings is 1. The molecule has 4 nitrogen and oxygen atoms in total. The van der Waals surface area contributed by atoms with Gasteiger partial charge in [0.1, 0.15) is 18.1 Å². The minimum atomic E-state index is -0.552. The van der Waals surface area contributed by atoms with Gasteiger partial charge in [0, 0.05) is 6.07 Å². The van der Waals surface area contributed by atoms with Gasteiger partial charge >= 0.3 is 5.97 Å². The molecule has 0 radical (unpaired) electrons. The molecule has 0 N–H and O–H groups in total. The highest BCUT2D eigenvalue weighted by Crippen LogP contribution is 2.34. The Hall–Kier alpha value is -1.36. The van der Waals surface area contributed by atoms with Crippen molar-refractivity contribution in [2.45, 2.75) is 6.61 Å². The fraction of sp³-hybridized carbons (Fsp3) is 0.154. The van der Waals surface area contributed by atoms with E-state index in [9.17, 15) is 4.79 Å². The molecule has 0 aliphatic heterocycles. The fourth-order valence-electron chi connectivity index (χ4n) is 1.43. The Kier molecular flexibility index (Phi) is 4.81. The Bertz CT molecular complexity index is 637. The minimum absolute atomic E-state index is 0.0919. The quantitative estimate of drug-likeness (QED) is 0.605. The molecule has 0 aliphatic carbocycles. The average molecular weight is 336 g/mol. The van der Waals surface area contributed by atoms with Crippen LogP contribution < -0.4 is 4.74 Å². The number of carbonyl (C=O) groups is 1. The van der Waals surface area contributed by atoms with Crippen molar-refractivity contribution < 1.29 is 18.7 Å². The summed E-state index contributed by atoms with van der Waals surface area (Å²) in [6.07, 6.45) is 0. The maximum atomic E-state index is 11.2. The number of hydrogen-bond donors (Lipinski definition) is 0. The Labute approximate surface area is 130 Å². The van der Waals surface area contributed by atoms with Crippen LogP contribution in [-0.4, -0.2) is 13.1 Å². The van der Waals surface area contributed by atoms with Gasteiger partial charge in [0.2, 0.25) is 5.76 Å². The van der Waals surface area contributed by atoms with Crippen LogP contribution in [-0.2, 0) is 11.3 Å². The van der Waals surface area contributed by atoms with Gasteiger partial charge in [-0.2, -0.15) is 0 Å². The third-order valence-corrected chi connectivity index (χ3v) is 3.41. The van der Waals surface area contributed by atoms with E-state index in [1.807, 2.05) is 0 Å². The summed E-state index contributed by atoms with van der Waals surface area (Å²) >= 11 is 17.7. The van der Waals surface area contributed by atoms with Crippen LogP contribution in [0.15, 0.2) is 28.7 Å². The molecule has 2 aromatic rings. The number of rotatable bonds is 4. The van der Waals surface area contributed by atoms with E-state index < -0.39 is 5.97 Å². The zero-order valence-corrected chi connectivity index (χ0v) is 12.6. The fourth-order valence-corrected chi connectivity index (χ4v) is 2.02. The summed E-state index contributed by atoms with van der Waals surface area (Å²) < 4.78 is 15.2. The van der Waals surface area contributed by atoms with Crippen LogP contribution in [0.1, 0.15) is 16.3 Å². The van der Waals surface area contributed by atoms with Crippen LogP contribution in [0.3, 0.4) is 0 Å². The van der Waals surface area contributed by atoms with Crippen LogP contribution in [0.25, 0.3) is 0 Å². The number of esters is 1. The van der Waals surface area contributed by atoms with Crippen LogP contribution >= 0.6 is 34.8 Å². The van der Waals surface area contributed by atoms with E-state index in [4.69, 9.17) is 44.0 Å². The Morgan fingerprint density at radius 2 is 1.85 bits per heavy atom. The first-order valence-electron chi connectivity index (χ1n) is 5.45. The van der Waals surface area contributed by atoms with E-state index in [2.05, 4.69) is 4.74 Å². The third-order valence-electron chi connectivity index (χ3n) is 2.39. The predicted molar refractivity (Wildman–Crippen MR) is 75.9 cm³/mol. The molecule has 0 fully saturated rings. The second-order valence-corrected chi connectivity index (χ2v) is 4.96. The highest BCUT2D eigenvalue weighted by atomic mass is 35.5. The van der Waals surface area contributed by atoms with Crippen LogP contribution in [0.2, 0.25) is 15.1 Å². The molecule has 1 aromatic heterocycles. The summed E-state index contributed by atoms with van der Waals surface area (Å²) in [5, 5.41) is 1.01. The van der Waals surface area contributed by atoms with Gasteiger partial charge in [0.15, 0.2) is 0 Å². The minimum Gasteiger partial charge on any atom is -0.484 e. The summed E-state index contributed by atoms with van der Waals surface area (Å²) in [7, 11) is 1.27. The van der Waals surface area contributed by atoms with E-state index in [1.54, 1.807) is 6.07 Å². The van der Waals surface area contributed by atoms with Crippen LogP contribution in [0.4, 0.5) is 0 Å². The first-order chi connectivity index (χ1) is 9.51. The molecule has 0 saturated carbocycles. The SMILES string of the molecule is COC(=O)c1ccc(COc2cc(Cl)c(Cl)cc2Cl)o1. The van der Waals surface area contributed by atoms with E-state index in [0.29, 0.717) is 26.6 Å². The number of hydrogen-bond acceptors (Lipinski definition) is 4. The zero-order chi connectivity index (χ0) is 14.7. The Morgan fingerprint density at radius 1 is 1.15 bits per heavy atom. The van der Waals surface area contributed by atoms with Gasteiger partial charge in [0.25, 0.3) is 0 Å². The van der Waals surface area contributed by atoms with E-state index in [1.165, 1.54) is 25.3 Å². The average Bonchev–Trinajstić information content (AvgIpc) is 2.89. The molecule has 0 amide bonds. The summed E-state index contributed by atoms with van der Waals surface area (Å²) in [4.78, 5) is 11.2. The second kappa shape index (κ2) is 6.39. The van der Waals surface area contributed by atoms with Crippen molar-refractivity contribution in [3.8, 4) is 5.75 Å². The number of ether oxygens (including phenoxy) is 2. The largest absolute Gasteiger partial charge is 0.484 e. The molecule has 0 atom stereocenters. The van der Waals surface area contributed by atoms with E-state index in [-0.39, 0.29) is 12.4 Å². The molecule has 0 spiro atoms. The van der Waals surface area contributed by atoms with Crippen molar-refractivity contribution >= 4 is 40.8 Å².